The number of fused-ring (bicyclic) bond motifs is 5. The summed E-state index contributed by atoms with van der Waals surface area (Å²) in [4.78, 5) is 12.1. The van der Waals surface area contributed by atoms with Crippen LogP contribution in [0, 0.1) is 46.3 Å². The molecule has 4 aliphatic rings. The molecular weight excluding hydrogens is 344 g/mol. The van der Waals surface area contributed by atoms with Crippen LogP contribution in [0.4, 0.5) is 0 Å². The highest BCUT2D eigenvalue weighted by molar-refractivity contribution is 5.79. The maximum absolute atomic E-state index is 12.1. The van der Waals surface area contributed by atoms with Gasteiger partial charge in [-0.15, -0.1) is 0 Å². The lowest BCUT2D eigenvalue weighted by molar-refractivity contribution is -0.140. The molecule has 28 heavy (non-hydrogen) atoms. The molecule has 0 aliphatic heterocycles. The summed E-state index contributed by atoms with van der Waals surface area (Å²) >= 11 is 0. The number of hydrogen-bond acceptors (Lipinski definition) is 2. The van der Waals surface area contributed by atoms with Crippen LogP contribution in [0.1, 0.15) is 105 Å². The van der Waals surface area contributed by atoms with Gasteiger partial charge in [-0.1, -0.05) is 20.8 Å². The molecule has 160 valence electrons. The van der Waals surface area contributed by atoms with E-state index in [-0.39, 0.29) is 0 Å². The summed E-state index contributed by atoms with van der Waals surface area (Å²) in [5, 5.41) is 10.2. The van der Waals surface area contributed by atoms with Crippen molar-refractivity contribution >= 4 is 5.78 Å². The van der Waals surface area contributed by atoms with Crippen molar-refractivity contribution in [2.24, 2.45) is 46.3 Å². The Kier molecular flexibility index (Phi) is 5.30. The highest BCUT2D eigenvalue weighted by atomic mass is 16.3. The average molecular weight is 389 g/mol. The topological polar surface area (TPSA) is 37.3 Å². The summed E-state index contributed by atoms with van der Waals surface area (Å²) in [6, 6.07) is 0. The molecule has 4 saturated carbocycles. The lowest BCUT2D eigenvalue weighted by Gasteiger charge is -2.60. The van der Waals surface area contributed by atoms with Crippen molar-refractivity contribution in [1.29, 1.82) is 0 Å². The third kappa shape index (κ3) is 3.40. The Morgan fingerprint density at radius 2 is 1.75 bits per heavy atom. The van der Waals surface area contributed by atoms with Crippen LogP contribution in [0.5, 0.6) is 0 Å². The maximum atomic E-state index is 12.1. The van der Waals surface area contributed by atoms with Gasteiger partial charge in [0.1, 0.15) is 5.78 Å². The Labute approximate surface area is 173 Å². The van der Waals surface area contributed by atoms with Crippen LogP contribution in [0.2, 0.25) is 0 Å². The third-order valence-electron chi connectivity index (χ3n) is 10.5. The largest absolute Gasteiger partial charge is 0.390 e. The maximum Gasteiger partial charge on any atom is 0.133 e. The lowest BCUT2D eigenvalue weighted by Crippen LogP contribution is -2.53. The van der Waals surface area contributed by atoms with Crippen LogP contribution in [0.25, 0.3) is 0 Å². The van der Waals surface area contributed by atoms with Crippen LogP contribution in [-0.2, 0) is 4.79 Å². The van der Waals surface area contributed by atoms with Gasteiger partial charge >= 0.3 is 0 Å². The SMILES string of the molecule is C[C@H](CCC(C)(C)O)[C@H]1CCC2C3CC[C@H]4CC(=O)CC[C@]4(C)C3CC[C@@]21C. The van der Waals surface area contributed by atoms with Crippen LogP contribution < -0.4 is 0 Å². The van der Waals surface area contributed by atoms with Crippen molar-refractivity contribution in [1.82, 2.24) is 0 Å². The van der Waals surface area contributed by atoms with Gasteiger partial charge < -0.3 is 5.11 Å². The van der Waals surface area contributed by atoms with Crippen LogP contribution in [0.3, 0.4) is 0 Å². The predicted molar refractivity (Wildman–Crippen MR) is 115 cm³/mol. The average Bonchev–Trinajstić information content (AvgIpc) is 2.97. The van der Waals surface area contributed by atoms with E-state index in [0.29, 0.717) is 22.5 Å². The first-order chi connectivity index (χ1) is 13.0. The fourth-order valence-corrected chi connectivity index (χ4v) is 8.80. The minimum atomic E-state index is -0.532. The molecule has 4 aliphatic carbocycles. The number of ketones is 1. The Balaban J connectivity index is 1.50. The second-order valence-corrected chi connectivity index (χ2v) is 12.5. The van der Waals surface area contributed by atoms with Gasteiger partial charge in [-0.2, -0.15) is 0 Å². The van der Waals surface area contributed by atoms with Crippen molar-refractivity contribution in [2.75, 3.05) is 0 Å². The van der Waals surface area contributed by atoms with Gasteiger partial charge in [-0.25, -0.2) is 0 Å². The van der Waals surface area contributed by atoms with Gasteiger partial charge in [-0.3, -0.25) is 4.79 Å². The summed E-state index contributed by atoms with van der Waals surface area (Å²) < 4.78 is 0. The number of hydrogen-bond donors (Lipinski definition) is 1. The molecule has 0 bridgehead atoms. The van der Waals surface area contributed by atoms with Crippen LogP contribution >= 0.6 is 0 Å². The summed E-state index contributed by atoms with van der Waals surface area (Å²) in [5.41, 5.74) is 0.410. The van der Waals surface area contributed by atoms with Crippen molar-refractivity contribution < 1.29 is 9.90 Å². The molecule has 8 atom stereocenters. The van der Waals surface area contributed by atoms with Gasteiger partial charge in [0.15, 0.2) is 0 Å². The van der Waals surface area contributed by atoms with Gasteiger partial charge in [0.05, 0.1) is 5.60 Å². The zero-order chi connectivity index (χ0) is 20.3. The van der Waals surface area contributed by atoms with Crippen molar-refractivity contribution in [2.45, 2.75) is 111 Å². The molecule has 0 aromatic rings. The molecule has 0 aromatic heterocycles. The first kappa shape index (κ1) is 20.9. The van der Waals surface area contributed by atoms with Gasteiger partial charge in [0.2, 0.25) is 0 Å². The van der Waals surface area contributed by atoms with E-state index in [1.54, 1.807) is 0 Å². The summed E-state index contributed by atoms with van der Waals surface area (Å²) in [6.45, 7) is 11.6. The monoisotopic (exact) mass is 388 g/mol. The molecule has 1 N–H and O–H groups in total. The molecule has 3 unspecified atom stereocenters. The minimum Gasteiger partial charge on any atom is -0.390 e. The van der Waals surface area contributed by atoms with E-state index in [0.717, 1.165) is 61.7 Å². The molecule has 2 nitrogen and oxygen atoms in total. The molecule has 0 aromatic carbocycles. The highest BCUT2D eigenvalue weighted by Gasteiger charge is 2.60. The number of carbonyl (C=O) groups is 1. The second kappa shape index (κ2) is 7.10. The molecule has 0 saturated heterocycles. The molecule has 0 heterocycles. The fourth-order valence-electron chi connectivity index (χ4n) is 8.80. The smallest absolute Gasteiger partial charge is 0.133 e. The third-order valence-corrected chi connectivity index (χ3v) is 10.5. The fraction of sp³-hybridized carbons (Fsp3) is 0.962. The Hall–Kier alpha value is -0.370. The van der Waals surface area contributed by atoms with Gasteiger partial charge in [0.25, 0.3) is 0 Å². The molecule has 0 amide bonds. The number of rotatable bonds is 4. The number of aliphatic hydroxyl groups is 1. The van der Waals surface area contributed by atoms with Crippen molar-refractivity contribution in [3.8, 4) is 0 Å². The Bertz CT molecular complexity index is 604. The summed E-state index contributed by atoms with van der Waals surface area (Å²) in [5.74, 6) is 5.42. The zero-order valence-electron chi connectivity index (χ0n) is 19.1. The quantitative estimate of drug-likeness (QED) is 0.605. The lowest BCUT2D eigenvalue weighted by atomic mass is 9.44. The molecular formula is C26H44O2. The Morgan fingerprint density at radius 3 is 2.46 bits per heavy atom. The van der Waals surface area contributed by atoms with Gasteiger partial charge in [-0.05, 0) is 118 Å². The highest BCUT2D eigenvalue weighted by Crippen LogP contribution is 2.68. The molecule has 4 rings (SSSR count). The molecule has 0 spiro atoms. The van der Waals surface area contributed by atoms with E-state index >= 15 is 0 Å². The first-order valence-electron chi connectivity index (χ1n) is 12.3. The zero-order valence-corrected chi connectivity index (χ0v) is 19.1. The van der Waals surface area contributed by atoms with E-state index in [4.69, 9.17) is 0 Å². The molecule has 2 heteroatoms. The number of carbonyl (C=O) groups excluding carboxylic acids is 1. The van der Waals surface area contributed by atoms with E-state index in [2.05, 4.69) is 20.8 Å². The normalized spacial score (nSPS) is 47.2. The van der Waals surface area contributed by atoms with Crippen molar-refractivity contribution in [3.63, 3.8) is 0 Å². The summed E-state index contributed by atoms with van der Waals surface area (Å²) in [7, 11) is 0. The second-order valence-electron chi connectivity index (χ2n) is 12.5. The van der Waals surface area contributed by atoms with Crippen LogP contribution in [0.15, 0.2) is 0 Å². The minimum absolute atomic E-state index is 0.433. The molecule has 0 radical (unpaired) electrons. The Morgan fingerprint density at radius 1 is 1.04 bits per heavy atom. The van der Waals surface area contributed by atoms with E-state index < -0.39 is 5.60 Å². The number of Topliss-reactive ketones (excluding diaryl/α,β-unsaturated/α-hetero) is 1. The van der Waals surface area contributed by atoms with E-state index in [1.165, 1.54) is 38.5 Å². The predicted octanol–water partition coefficient (Wildman–Crippen LogP) is 6.40. The van der Waals surface area contributed by atoms with Crippen LogP contribution in [-0.4, -0.2) is 16.5 Å². The van der Waals surface area contributed by atoms with Crippen molar-refractivity contribution in [3.05, 3.63) is 0 Å². The van der Waals surface area contributed by atoms with E-state index in [1.807, 2.05) is 13.8 Å². The standard InChI is InChI=1S/C26H44O2/c1-17(10-13-24(2,3)28)21-8-9-22-20-7-6-18-16-19(27)11-14-25(18,4)23(20)12-15-26(21,22)5/h17-18,20-23,28H,6-16H2,1-5H3/t17-,18+,20?,21-,22?,23?,25+,26-/m1/s1. The summed E-state index contributed by atoms with van der Waals surface area (Å²) in [6.07, 6.45) is 13.3. The molecule has 4 fully saturated rings. The van der Waals surface area contributed by atoms with E-state index in [9.17, 15) is 9.90 Å². The first-order valence-corrected chi connectivity index (χ1v) is 12.3. The van der Waals surface area contributed by atoms with Gasteiger partial charge in [0, 0.05) is 12.8 Å².